The Balaban J connectivity index is 2.26. The number of hydrogen-bond donors (Lipinski definition) is 1. The van der Waals surface area contributed by atoms with Crippen molar-refractivity contribution in [2.45, 2.75) is 18.9 Å². The number of carbonyl (C=O) groups is 1. The monoisotopic (exact) mass is 161 g/mol. The van der Waals surface area contributed by atoms with Crippen molar-refractivity contribution in [1.29, 1.82) is 0 Å². The summed E-state index contributed by atoms with van der Waals surface area (Å²) in [7, 11) is 0. The van der Waals surface area contributed by atoms with Crippen molar-refractivity contribution in [2.24, 2.45) is 0 Å². The van der Waals surface area contributed by atoms with Gasteiger partial charge in [-0.25, -0.2) is 0 Å². The van der Waals surface area contributed by atoms with Gasteiger partial charge >= 0.3 is 0 Å². The van der Waals surface area contributed by atoms with Gasteiger partial charge in [0.1, 0.15) is 0 Å². The van der Waals surface area contributed by atoms with E-state index in [9.17, 15) is 4.79 Å². The summed E-state index contributed by atoms with van der Waals surface area (Å²) in [4.78, 5) is 11.1. The molecule has 0 spiro atoms. The minimum absolute atomic E-state index is 0.0752. The first-order chi connectivity index (χ1) is 5.79. The van der Waals surface area contributed by atoms with Crippen LogP contribution in [0.1, 0.15) is 18.4 Å². The van der Waals surface area contributed by atoms with Crippen molar-refractivity contribution in [3.63, 3.8) is 0 Å². The molecule has 0 radical (unpaired) electrons. The average molecular weight is 161 g/mol. The topological polar surface area (TPSA) is 29.1 Å². The zero-order valence-corrected chi connectivity index (χ0v) is 6.95. The summed E-state index contributed by atoms with van der Waals surface area (Å²) in [5, 5.41) is 2.82. The standard InChI is InChI=1S/C10H11NO/c1-7-9(10(12)11-7)8-5-3-2-4-6-8/h2-7,9H,1H3,(H,11,12)/t7?,9-/m1/s1. The summed E-state index contributed by atoms with van der Waals surface area (Å²) in [6, 6.07) is 10.2. The van der Waals surface area contributed by atoms with Gasteiger partial charge in [-0.2, -0.15) is 0 Å². The Hall–Kier alpha value is -1.31. The van der Waals surface area contributed by atoms with Crippen LogP contribution in [0.5, 0.6) is 0 Å². The van der Waals surface area contributed by atoms with Gasteiger partial charge in [0.15, 0.2) is 0 Å². The third-order valence-corrected chi connectivity index (χ3v) is 2.31. The Labute approximate surface area is 71.6 Å². The predicted octanol–water partition coefficient (Wildman–Crippen LogP) is 1.29. The van der Waals surface area contributed by atoms with Gasteiger partial charge in [0.2, 0.25) is 5.91 Å². The van der Waals surface area contributed by atoms with Crippen LogP contribution < -0.4 is 5.32 Å². The summed E-state index contributed by atoms with van der Waals surface area (Å²) in [6.45, 7) is 2.03. The minimum Gasteiger partial charge on any atom is -0.352 e. The average Bonchev–Trinajstić information content (AvgIpc) is 2.05. The molecule has 62 valence electrons. The second kappa shape index (κ2) is 2.63. The van der Waals surface area contributed by atoms with E-state index in [2.05, 4.69) is 5.32 Å². The van der Waals surface area contributed by atoms with E-state index in [1.165, 1.54) is 0 Å². The van der Waals surface area contributed by atoms with E-state index in [-0.39, 0.29) is 11.8 Å². The molecule has 1 amide bonds. The largest absolute Gasteiger partial charge is 0.352 e. The van der Waals surface area contributed by atoms with Crippen LogP contribution in [0.15, 0.2) is 30.3 Å². The van der Waals surface area contributed by atoms with Crippen molar-refractivity contribution in [2.75, 3.05) is 0 Å². The normalized spacial score (nSPS) is 27.6. The number of hydrogen-bond acceptors (Lipinski definition) is 1. The van der Waals surface area contributed by atoms with Crippen LogP contribution >= 0.6 is 0 Å². The van der Waals surface area contributed by atoms with E-state index in [1.54, 1.807) is 0 Å². The summed E-state index contributed by atoms with van der Waals surface area (Å²) >= 11 is 0. The summed E-state index contributed by atoms with van der Waals surface area (Å²) in [5.74, 6) is 0.222. The van der Waals surface area contributed by atoms with Crippen LogP contribution in [0.4, 0.5) is 0 Å². The molecule has 0 aromatic heterocycles. The van der Waals surface area contributed by atoms with Gasteiger partial charge in [-0.05, 0) is 12.5 Å². The Morgan fingerprint density at radius 1 is 1.25 bits per heavy atom. The van der Waals surface area contributed by atoms with Gasteiger partial charge in [-0.15, -0.1) is 0 Å². The maximum absolute atomic E-state index is 11.1. The van der Waals surface area contributed by atoms with Gasteiger partial charge < -0.3 is 5.32 Å². The predicted molar refractivity (Wildman–Crippen MR) is 46.8 cm³/mol. The third-order valence-electron chi connectivity index (χ3n) is 2.31. The molecule has 0 bridgehead atoms. The van der Waals surface area contributed by atoms with Gasteiger partial charge in [0.05, 0.1) is 5.92 Å². The number of β-lactam (4-membered cyclic amide) rings is 1. The summed E-state index contributed by atoms with van der Waals surface area (Å²) in [6.07, 6.45) is 0. The van der Waals surface area contributed by atoms with Crippen LogP contribution in [-0.4, -0.2) is 11.9 Å². The van der Waals surface area contributed by atoms with E-state index in [0.29, 0.717) is 6.04 Å². The van der Waals surface area contributed by atoms with Gasteiger partial charge in [0, 0.05) is 6.04 Å². The summed E-state index contributed by atoms with van der Waals surface area (Å²) in [5.41, 5.74) is 1.12. The molecule has 0 aliphatic carbocycles. The molecule has 2 rings (SSSR count). The van der Waals surface area contributed by atoms with Crippen LogP contribution in [0.3, 0.4) is 0 Å². The smallest absolute Gasteiger partial charge is 0.229 e. The molecule has 1 unspecified atom stereocenters. The molecule has 1 heterocycles. The third kappa shape index (κ3) is 0.998. The molecule has 0 saturated carbocycles. The number of rotatable bonds is 1. The quantitative estimate of drug-likeness (QED) is 0.618. The second-order valence-electron chi connectivity index (χ2n) is 3.19. The fourth-order valence-electron chi connectivity index (χ4n) is 1.63. The highest BCUT2D eigenvalue weighted by atomic mass is 16.2. The number of nitrogens with one attached hydrogen (secondary N) is 1. The van der Waals surface area contributed by atoms with E-state index >= 15 is 0 Å². The van der Waals surface area contributed by atoms with Crippen molar-refractivity contribution < 1.29 is 4.79 Å². The van der Waals surface area contributed by atoms with E-state index in [0.717, 1.165) is 5.56 Å². The molecule has 1 saturated heterocycles. The van der Waals surface area contributed by atoms with Crippen LogP contribution in [0.25, 0.3) is 0 Å². The van der Waals surface area contributed by atoms with Crippen molar-refractivity contribution in [3.8, 4) is 0 Å². The highest BCUT2D eigenvalue weighted by Gasteiger charge is 2.36. The lowest BCUT2D eigenvalue weighted by Crippen LogP contribution is -2.54. The fourth-order valence-corrected chi connectivity index (χ4v) is 1.63. The number of benzene rings is 1. The maximum atomic E-state index is 11.1. The Kier molecular flexibility index (Phi) is 1.61. The van der Waals surface area contributed by atoms with Crippen LogP contribution in [0.2, 0.25) is 0 Å². The molecule has 1 fully saturated rings. The zero-order chi connectivity index (χ0) is 8.55. The van der Waals surface area contributed by atoms with Gasteiger partial charge in [-0.3, -0.25) is 4.79 Å². The molecule has 12 heavy (non-hydrogen) atoms. The molecule has 2 heteroatoms. The van der Waals surface area contributed by atoms with Crippen molar-refractivity contribution >= 4 is 5.91 Å². The van der Waals surface area contributed by atoms with Crippen LogP contribution in [0, 0.1) is 0 Å². The van der Waals surface area contributed by atoms with Crippen molar-refractivity contribution in [3.05, 3.63) is 35.9 Å². The second-order valence-corrected chi connectivity index (χ2v) is 3.19. The highest BCUT2D eigenvalue weighted by molar-refractivity contribution is 5.90. The van der Waals surface area contributed by atoms with E-state index < -0.39 is 0 Å². The first-order valence-corrected chi connectivity index (χ1v) is 4.14. The fraction of sp³-hybridized carbons (Fsp3) is 0.300. The Bertz CT molecular complexity index is 294. The van der Waals surface area contributed by atoms with Gasteiger partial charge in [0.25, 0.3) is 0 Å². The Morgan fingerprint density at radius 3 is 2.42 bits per heavy atom. The molecule has 2 atom stereocenters. The molecule has 1 aromatic rings. The molecule has 1 aliphatic heterocycles. The SMILES string of the molecule is CC1NC(=O)[C@H]1c1ccccc1. The van der Waals surface area contributed by atoms with Crippen LogP contribution in [-0.2, 0) is 4.79 Å². The zero-order valence-electron chi connectivity index (χ0n) is 6.95. The van der Waals surface area contributed by atoms with E-state index in [1.807, 2.05) is 37.3 Å². The van der Waals surface area contributed by atoms with Crippen molar-refractivity contribution in [1.82, 2.24) is 5.32 Å². The number of amides is 1. The van der Waals surface area contributed by atoms with E-state index in [4.69, 9.17) is 0 Å². The van der Waals surface area contributed by atoms with Gasteiger partial charge in [-0.1, -0.05) is 30.3 Å². The summed E-state index contributed by atoms with van der Waals surface area (Å²) < 4.78 is 0. The minimum atomic E-state index is 0.0752. The molecule has 1 N–H and O–H groups in total. The number of carbonyl (C=O) groups excluding carboxylic acids is 1. The first-order valence-electron chi connectivity index (χ1n) is 4.14. The molecule has 1 aliphatic rings. The first kappa shape index (κ1) is 7.35. The lowest BCUT2D eigenvalue weighted by atomic mass is 9.85. The lowest BCUT2D eigenvalue weighted by molar-refractivity contribution is -0.130. The highest BCUT2D eigenvalue weighted by Crippen LogP contribution is 2.26. The maximum Gasteiger partial charge on any atom is 0.229 e. The molecular weight excluding hydrogens is 150 g/mol. The lowest BCUT2D eigenvalue weighted by Gasteiger charge is -2.34. The Morgan fingerprint density at radius 2 is 1.92 bits per heavy atom. The molecule has 1 aromatic carbocycles. The molecule has 2 nitrogen and oxygen atoms in total. The molecular formula is C10H11NO.